The molecular formula is C16H20N4O. The number of carbonyl (C=O) groups excluding carboxylic acids is 1. The van der Waals surface area contributed by atoms with E-state index in [4.69, 9.17) is 16.5 Å². The third kappa shape index (κ3) is 2.34. The van der Waals surface area contributed by atoms with Gasteiger partial charge in [0, 0.05) is 30.6 Å². The molecule has 0 spiro atoms. The van der Waals surface area contributed by atoms with Crippen molar-refractivity contribution >= 4 is 22.6 Å². The molecular weight excluding hydrogens is 264 g/mol. The maximum absolute atomic E-state index is 11.6. The SMILES string of the molecule is CC1(C(N)=O)CCN(c2nc3ccccc3cc2CN)C1. The molecule has 1 aromatic carbocycles. The molecule has 1 aromatic heterocycles. The number of anilines is 1. The smallest absolute Gasteiger partial charge is 0.225 e. The Balaban J connectivity index is 2.02. The summed E-state index contributed by atoms with van der Waals surface area (Å²) < 4.78 is 0. The highest BCUT2D eigenvalue weighted by atomic mass is 16.1. The number of nitrogens with two attached hydrogens (primary N) is 2. The fourth-order valence-electron chi connectivity index (χ4n) is 2.92. The van der Waals surface area contributed by atoms with Gasteiger partial charge in [-0.25, -0.2) is 4.98 Å². The highest BCUT2D eigenvalue weighted by Crippen LogP contribution is 2.34. The number of hydrogen-bond donors (Lipinski definition) is 2. The van der Waals surface area contributed by atoms with E-state index in [0.29, 0.717) is 13.1 Å². The molecule has 4 N–H and O–H groups in total. The average molecular weight is 284 g/mol. The molecule has 110 valence electrons. The van der Waals surface area contributed by atoms with Crippen molar-refractivity contribution in [2.45, 2.75) is 19.9 Å². The molecule has 1 aliphatic rings. The topological polar surface area (TPSA) is 85.2 Å². The molecule has 21 heavy (non-hydrogen) atoms. The van der Waals surface area contributed by atoms with Crippen molar-refractivity contribution in [1.29, 1.82) is 0 Å². The van der Waals surface area contributed by atoms with E-state index < -0.39 is 5.41 Å². The number of para-hydroxylation sites is 1. The Labute approximate surface area is 123 Å². The Morgan fingerprint density at radius 1 is 1.43 bits per heavy atom. The summed E-state index contributed by atoms with van der Waals surface area (Å²) in [6.45, 7) is 3.72. The molecule has 5 heteroatoms. The highest BCUT2D eigenvalue weighted by molar-refractivity contribution is 5.84. The molecule has 2 heterocycles. The predicted molar refractivity (Wildman–Crippen MR) is 83.8 cm³/mol. The average Bonchev–Trinajstić information content (AvgIpc) is 2.89. The lowest BCUT2D eigenvalue weighted by Gasteiger charge is -2.23. The van der Waals surface area contributed by atoms with Gasteiger partial charge in [-0.3, -0.25) is 4.79 Å². The van der Waals surface area contributed by atoms with Gasteiger partial charge in [0.25, 0.3) is 0 Å². The number of pyridine rings is 1. The van der Waals surface area contributed by atoms with Crippen molar-refractivity contribution in [1.82, 2.24) is 4.98 Å². The summed E-state index contributed by atoms with van der Waals surface area (Å²) in [7, 11) is 0. The first-order valence-corrected chi connectivity index (χ1v) is 7.17. The van der Waals surface area contributed by atoms with Crippen LogP contribution in [-0.4, -0.2) is 24.0 Å². The van der Waals surface area contributed by atoms with Crippen molar-refractivity contribution in [2.24, 2.45) is 16.9 Å². The van der Waals surface area contributed by atoms with Crippen LogP contribution >= 0.6 is 0 Å². The predicted octanol–water partition coefficient (Wildman–Crippen LogP) is 1.40. The van der Waals surface area contributed by atoms with Crippen LogP contribution in [0.25, 0.3) is 10.9 Å². The summed E-state index contributed by atoms with van der Waals surface area (Å²) in [5.74, 6) is 0.626. The minimum Gasteiger partial charge on any atom is -0.369 e. The zero-order chi connectivity index (χ0) is 15.0. The van der Waals surface area contributed by atoms with Crippen LogP contribution in [0.1, 0.15) is 18.9 Å². The first-order valence-electron chi connectivity index (χ1n) is 7.17. The minimum atomic E-state index is -0.487. The van der Waals surface area contributed by atoms with E-state index in [1.807, 2.05) is 31.2 Å². The molecule has 0 saturated carbocycles. The van der Waals surface area contributed by atoms with Crippen molar-refractivity contribution in [2.75, 3.05) is 18.0 Å². The Hall–Kier alpha value is -2.14. The number of aromatic nitrogens is 1. The van der Waals surface area contributed by atoms with Crippen LogP contribution < -0.4 is 16.4 Å². The van der Waals surface area contributed by atoms with Gasteiger partial charge in [0.2, 0.25) is 5.91 Å². The Morgan fingerprint density at radius 2 is 2.19 bits per heavy atom. The lowest BCUT2D eigenvalue weighted by molar-refractivity contribution is -0.125. The molecule has 0 bridgehead atoms. The second-order valence-electron chi connectivity index (χ2n) is 5.96. The first kappa shape index (κ1) is 13.8. The van der Waals surface area contributed by atoms with E-state index in [-0.39, 0.29) is 5.91 Å². The molecule has 3 rings (SSSR count). The molecule has 1 atom stereocenters. The molecule has 2 aromatic rings. The quantitative estimate of drug-likeness (QED) is 0.892. The number of fused-ring (bicyclic) bond motifs is 1. The zero-order valence-electron chi connectivity index (χ0n) is 12.2. The van der Waals surface area contributed by atoms with Crippen LogP contribution in [0.3, 0.4) is 0 Å². The molecule has 1 saturated heterocycles. The molecule has 0 radical (unpaired) electrons. The molecule has 1 aliphatic heterocycles. The summed E-state index contributed by atoms with van der Waals surface area (Å²) in [5, 5.41) is 1.08. The highest BCUT2D eigenvalue weighted by Gasteiger charge is 2.39. The maximum Gasteiger partial charge on any atom is 0.225 e. The van der Waals surface area contributed by atoms with Crippen molar-refractivity contribution < 1.29 is 4.79 Å². The summed E-state index contributed by atoms with van der Waals surface area (Å²) in [6.07, 6.45) is 0.751. The van der Waals surface area contributed by atoms with E-state index in [0.717, 1.165) is 35.2 Å². The van der Waals surface area contributed by atoms with Gasteiger partial charge in [0.1, 0.15) is 5.82 Å². The maximum atomic E-state index is 11.6. The molecule has 1 fully saturated rings. The summed E-state index contributed by atoms with van der Waals surface area (Å²) in [4.78, 5) is 18.5. The van der Waals surface area contributed by atoms with E-state index in [2.05, 4.69) is 11.0 Å². The van der Waals surface area contributed by atoms with Gasteiger partial charge in [0.15, 0.2) is 0 Å². The molecule has 1 amide bonds. The van der Waals surface area contributed by atoms with Gasteiger partial charge >= 0.3 is 0 Å². The van der Waals surface area contributed by atoms with Crippen LogP contribution in [0.15, 0.2) is 30.3 Å². The van der Waals surface area contributed by atoms with Gasteiger partial charge < -0.3 is 16.4 Å². The Bertz CT molecular complexity index is 700. The van der Waals surface area contributed by atoms with Crippen LogP contribution in [0, 0.1) is 5.41 Å². The molecule has 0 aliphatic carbocycles. The van der Waals surface area contributed by atoms with Crippen molar-refractivity contribution in [3.8, 4) is 0 Å². The summed E-state index contributed by atoms with van der Waals surface area (Å²) in [5.41, 5.74) is 12.9. The van der Waals surface area contributed by atoms with Crippen molar-refractivity contribution in [3.63, 3.8) is 0 Å². The van der Waals surface area contributed by atoms with Gasteiger partial charge in [-0.2, -0.15) is 0 Å². The van der Waals surface area contributed by atoms with E-state index in [1.54, 1.807) is 0 Å². The molecule has 1 unspecified atom stereocenters. The number of benzene rings is 1. The Kier molecular flexibility index (Phi) is 3.29. The first-order chi connectivity index (χ1) is 10.0. The monoisotopic (exact) mass is 284 g/mol. The minimum absolute atomic E-state index is 0.250. The van der Waals surface area contributed by atoms with Crippen molar-refractivity contribution in [3.05, 3.63) is 35.9 Å². The van der Waals surface area contributed by atoms with Crippen LogP contribution in [0.4, 0.5) is 5.82 Å². The van der Waals surface area contributed by atoms with Gasteiger partial charge in [-0.15, -0.1) is 0 Å². The number of primary amides is 1. The van der Waals surface area contributed by atoms with Gasteiger partial charge in [-0.05, 0) is 25.5 Å². The second-order valence-corrected chi connectivity index (χ2v) is 5.96. The van der Waals surface area contributed by atoms with Crippen LogP contribution in [-0.2, 0) is 11.3 Å². The van der Waals surface area contributed by atoms with E-state index in [9.17, 15) is 4.79 Å². The fraction of sp³-hybridized carbons (Fsp3) is 0.375. The Morgan fingerprint density at radius 3 is 2.86 bits per heavy atom. The van der Waals surface area contributed by atoms with E-state index in [1.165, 1.54) is 0 Å². The summed E-state index contributed by atoms with van der Waals surface area (Å²) in [6, 6.07) is 10.1. The third-order valence-electron chi connectivity index (χ3n) is 4.37. The lowest BCUT2D eigenvalue weighted by Crippen LogP contribution is -2.37. The second kappa shape index (κ2) is 5.00. The zero-order valence-corrected chi connectivity index (χ0v) is 12.2. The standard InChI is InChI=1S/C16H20N4O/c1-16(15(18)21)6-7-20(10-16)14-12(9-17)8-11-4-2-3-5-13(11)19-14/h2-5,8H,6-7,9-10,17H2,1H3,(H2,18,21). The summed E-state index contributed by atoms with van der Waals surface area (Å²) >= 11 is 0. The number of amides is 1. The normalized spacial score (nSPS) is 21.9. The van der Waals surface area contributed by atoms with Gasteiger partial charge in [-0.1, -0.05) is 18.2 Å². The van der Waals surface area contributed by atoms with E-state index >= 15 is 0 Å². The number of nitrogens with zero attached hydrogens (tertiary/aromatic N) is 2. The van der Waals surface area contributed by atoms with Gasteiger partial charge in [0.05, 0.1) is 10.9 Å². The third-order valence-corrected chi connectivity index (χ3v) is 4.37. The molecule has 5 nitrogen and oxygen atoms in total. The largest absolute Gasteiger partial charge is 0.369 e. The fourth-order valence-corrected chi connectivity index (χ4v) is 2.92. The number of carbonyl (C=O) groups is 1. The number of rotatable bonds is 3. The van der Waals surface area contributed by atoms with Crippen LogP contribution in [0.2, 0.25) is 0 Å². The van der Waals surface area contributed by atoms with Crippen LogP contribution in [0.5, 0.6) is 0 Å². The number of hydrogen-bond acceptors (Lipinski definition) is 4. The lowest BCUT2D eigenvalue weighted by atomic mass is 9.89.